The molecule has 110 valence electrons. The van der Waals surface area contributed by atoms with Gasteiger partial charge in [-0.2, -0.15) is 0 Å². The molecule has 0 spiro atoms. The van der Waals surface area contributed by atoms with Crippen LogP contribution in [0.25, 0.3) is 0 Å². The van der Waals surface area contributed by atoms with Crippen molar-refractivity contribution in [2.75, 3.05) is 26.3 Å². The first-order valence-electron chi connectivity index (χ1n) is 6.78. The maximum Gasteiger partial charge on any atom is 0.318 e. The standard InChI is InChI=1S/C13H24N2O4/c1-13(2)10-19-9-8-15(13)12(18)14-7-5-3-4-6-11(16)17/h3-10H2,1-2H3,(H,14,18)(H,16,17). The molecule has 1 heterocycles. The number of ether oxygens (including phenoxy) is 1. The minimum atomic E-state index is -0.765. The lowest BCUT2D eigenvalue weighted by atomic mass is 10.0. The first-order valence-corrected chi connectivity index (χ1v) is 6.78. The van der Waals surface area contributed by atoms with Gasteiger partial charge in [-0.3, -0.25) is 4.79 Å². The molecule has 0 saturated carbocycles. The molecule has 1 fully saturated rings. The maximum atomic E-state index is 12.0. The third-order valence-corrected chi connectivity index (χ3v) is 3.23. The fraction of sp³-hybridized carbons (Fsp3) is 0.846. The topological polar surface area (TPSA) is 78.9 Å². The predicted octanol–water partition coefficient (Wildman–Crippen LogP) is 1.45. The van der Waals surface area contributed by atoms with Crippen molar-refractivity contribution >= 4 is 12.0 Å². The maximum absolute atomic E-state index is 12.0. The molecule has 0 aliphatic carbocycles. The van der Waals surface area contributed by atoms with Crippen LogP contribution in [0.15, 0.2) is 0 Å². The zero-order valence-electron chi connectivity index (χ0n) is 11.8. The van der Waals surface area contributed by atoms with Crippen LogP contribution in [0.2, 0.25) is 0 Å². The number of unbranched alkanes of at least 4 members (excludes halogenated alkanes) is 2. The molecule has 1 aliphatic heterocycles. The van der Waals surface area contributed by atoms with Crippen molar-refractivity contribution in [3.05, 3.63) is 0 Å². The van der Waals surface area contributed by atoms with Gasteiger partial charge in [0.15, 0.2) is 0 Å². The molecule has 1 saturated heterocycles. The number of carboxylic acids is 1. The molecule has 0 radical (unpaired) electrons. The van der Waals surface area contributed by atoms with Gasteiger partial charge in [-0.15, -0.1) is 0 Å². The molecule has 2 amide bonds. The van der Waals surface area contributed by atoms with Gasteiger partial charge in [0.2, 0.25) is 0 Å². The number of amides is 2. The molecule has 0 aromatic rings. The van der Waals surface area contributed by atoms with Crippen LogP contribution in [0.5, 0.6) is 0 Å². The summed E-state index contributed by atoms with van der Waals surface area (Å²) in [5.41, 5.74) is -0.272. The molecule has 1 rings (SSSR count). The van der Waals surface area contributed by atoms with E-state index in [0.717, 1.165) is 12.8 Å². The Morgan fingerprint density at radius 2 is 2.05 bits per heavy atom. The summed E-state index contributed by atoms with van der Waals surface area (Å²) in [6.07, 6.45) is 2.49. The minimum Gasteiger partial charge on any atom is -0.481 e. The van der Waals surface area contributed by atoms with Crippen molar-refractivity contribution in [2.24, 2.45) is 0 Å². The lowest BCUT2D eigenvalue weighted by molar-refractivity contribution is -0.137. The summed E-state index contributed by atoms with van der Waals surface area (Å²) in [6, 6.07) is -0.0634. The number of nitrogens with one attached hydrogen (secondary N) is 1. The molecule has 6 heteroatoms. The van der Waals surface area contributed by atoms with Crippen LogP contribution in [0.4, 0.5) is 4.79 Å². The van der Waals surface area contributed by atoms with Crippen molar-refractivity contribution in [1.29, 1.82) is 0 Å². The second kappa shape index (κ2) is 7.33. The smallest absolute Gasteiger partial charge is 0.318 e. The molecule has 2 N–H and O–H groups in total. The first-order chi connectivity index (χ1) is 8.93. The van der Waals surface area contributed by atoms with E-state index in [0.29, 0.717) is 32.7 Å². The number of carboxylic acid groups (broad SMARTS) is 1. The lowest BCUT2D eigenvalue weighted by Crippen LogP contribution is -2.58. The number of hydrogen-bond donors (Lipinski definition) is 2. The van der Waals surface area contributed by atoms with Crippen LogP contribution >= 0.6 is 0 Å². The molecule has 0 atom stereocenters. The SMILES string of the molecule is CC1(C)COCCN1C(=O)NCCCCCC(=O)O. The van der Waals surface area contributed by atoms with E-state index in [1.807, 2.05) is 13.8 Å². The average Bonchev–Trinajstić information content (AvgIpc) is 2.32. The van der Waals surface area contributed by atoms with Gasteiger partial charge in [0.05, 0.1) is 18.8 Å². The van der Waals surface area contributed by atoms with Crippen LogP contribution in [0.3, 0.4) is 0 Å². The van der Waals surface area contributed by atoms with Gasteiger partial charge in [-0.25, -0.2) is 4.79 Å². The highest BCUT2D eigenvalue weighted by Crippen LogP contribution is 2.18. The fourth-order valence-corrected chi connectivity index (χ4v) is 2.10. The van der Waals surface area contributed by atoms with Crippen molar-refractivity contribution in [3.8, 4) is 0 Å². The van der Waals surface area contributed by atoms with Crippen LogP contribution in [-0.4, -0.2) is 53.8 Å². The number of hydrogen-bond acceptors (Lipinski definition) is 3. The van der Waals surface area contributed by atoms with Crippen LogP contribution in [0, 0.1) is 0 Å². The van der Waals surface area contributed by atoms with Crippen molar-refractivity contribution in [1.82, 2.24) is 10.2 Å². The number of urea groups is 1. The van der Waals surface area contributed by atoms with Gasteiger partial charge in [-0.1, -0.05) is 6.42 Å². The molecule has 0 bridgehead atoms. The monoisotopic (exact) mass is 272 g/mol. The number of aliphatic carboxylic acids is 1. The average molecular weight is 272 g/mol. The Balaban J connectivity index is 2.18. The third-order valence-electron chi connectivity index (χ3n) is 3.23. The Morgan fingerprint density at radius 1 is 1.32 bits per heavy atom. The van der Waals surface area contributed by atoms with Gasteiger partial charge in [-0.05, 0) is 26.7 Å². The van der Waals surface area contributed by atoms with Crippen LogP contribution < -0.4 is 5.32 Å². The van der Waals surface area contributed by atoms with E-state index in [-0.39, 0.29) is 18.0 Å². The second-order valence-corrected chi connectivity index (χ2v) is 5.45. The fourth-order valence-electron chi connectivity index (χ4n) is 2.10. The minimum absolute atomic E-state index is 0.0634. The van der Waals surface area contributed by atoms with Crippen LogP contribution in [-0.2, 0) is 9.53 Å². The predicted molar refractivity (Wildman–Crippen MR) is 71.1 cm³/mol. The van der Waals surface area contributed by atoms with E-state index in [2.05, 4.69) is 5.32 Å². The summed E-state index contributed by atoms with van der Waals surface area (Å²) in [6.45, 7) is 6.30. The number of rotatable bonds is 6. The zero-order valence-corrected chi connectivity index (χ0v) is 11.8. The van der Waals surface area contributed by atoms with E-state index >= 15 is 0 Å². The molecule has 0 aromatic heterocycles. The summed E-state index contributed by atoms with van der Waals surface area (Å²) in [5.74, 6) is -0.765. The van der Waals surface area contributed by atoms with E-state index in [1.54, 1.807) is 4.90 Å². The molecule has 0 aromatic carbocycles. The van der Waals surface area contributed by atoms with E-state index in [1.165, 1.54) is 0 Å². The van der Waals surface area contributed by atoms with Crippen molar-refractivity contribution in [2.45, 2.75) is 45.1 Å². The third kappa shape index (κ3) is 5.46. The summed E-state index contributed by atoms with van der Waals surface area (Å²) in [5, 5.41) is 11.4. The lowest BCUT2D eigenvalue weighted by Gasteiger charge is -2.41. The largest absolute Gasteiger partial charge is 0.481 e. The van der Waals surface area contributed by atoms with Gasteiger partial charge >= 0.3 is 12.0 Å². The Kier molecular flexibility index (Phi) is 6.08. The number of carbonyl (C=O) groups excluding carboxylic acids is 1. The zero-order chi connectivity index (χ0) is 14.3. The Hall–Kier alpha value is -1.30. The van der Waals surface area contributed by atoms with Gasteiger partial charge in [0.1, 0.15) is 0 Å². The van der Waals surface area contributed by atoms with Crippen molar-refractivity contribution in [3.63, 3.8) is 0 Å². The Morgan fingerprint density at radius 3 is 2.68 bits per heavy atom. The number of nitrogens with zero attached hydrogens (tertiary/aromatic N) is 1. The summed E-state index contributed by atoms with van der Waals surface area (Å²) >= 11 is 0. The highest BCUT2D eigenvalue weighted by atomic mass is 16.5. The molecule has 0 unspecified atom stereocenters. The van der Waals surface area contributed by atoms with Crippen molar-refractivity contribution < 1.29 is 19.4 Å². The summed E-state index contributed by atoms with van der Waals surface area (Å²) in [4.78, 5) is 24.1. The van der Waals surface area contributed by atoms with Gasteiger partial charge < -0.3 is 20.1 Å². The van der Waals surface area contributed by atoms with E-state index < -0.39 is 5.97 Å². The van der Waals surface area contributed by atoms with E-state index in [4.69, 9.17) is 9.84 Å². The normalized spacial score (nSPS) is 18.1. The molecular weight excluding hydrogens is 248 g/mol. The van der Waals surface area contributed by atoms with Crippen LogP contribution in [0.1, 0.15) is 39.5 Å². The Labute approximate surface area is 114 Å². The first kappa shape index (κ1) is 15.8. The highest BCUT2D eigenvalue weighted by Gasteiger charge is 2.33. The molecular formula is C13H24N2O4. The quantitative estimate of drug-likeness (QED) is 0.717. The number of carbonyl (C=O) groups is 2. The van der Waals surface area contributed by atoms with E-state index in [9.17, 15) is 9.59 Å². The number of morpholine rings is 1. The molecule has 6 nitrogen and oxygen atoms in total. The highest BCUT2D eigenvalue weighted by molar-refractivity contribution is 5.75. The Bertz CT molecular complexity index is 318. The second-order valence-electron chi connectivity index (χ2n) is 5.45. The van der Waals surface area contributed by atoms with Gasteiger partial charge in [0.25, 0.3) is 0 Å². The molecule has 1 aliphatic rings. The summed E-state index contributed by atoms with van der Waals surface area (Å²) in [7, 11) is 0. The van der Waals surface area contributed by atoms with Gasteiger partial charge in [0, 0.05) is 19.5 Å². The molecule has 19 heavy (non-hydrogen) atoms. The summed E-state index contributed by atoms with van der Waals surface area (Å²) < 4.78 is 5.37.